The number of nitrogens with zero attached hydrogens (tertiary/aromatic N) is 1. The minimum absolute atomic E-state index is 0.169. The van der Waals surface area contributed by atoms with Crippen LogP contribution in [0.2, 0.25) is 0 Å². The first-order valence-electron chi connectivity index (χ1n) is 8.16. The van der Waals surface area contributed by atoms with Crippen molar-refractivity contribution in [2.75, 3.05) is 26.2 Å². The first-order valence-corrected chi connectivity index (χ1v) is 9.10. The highest BCUT2D eigenvalue weighted by atomic mass is 32.1. The van der Waals surface area contributed by atoms with Gasteiger partial charge in [-0.25, -0.2) is 13.6 Å². The molecule has 1 N–H and O–H groups in total. The fraction of sp³-hybridized carbons (Fsp3) is 0.389. The van der Waals surface area contributed by atoms with Gasteiger partial charge in [0.1, 0.15) is 6.10 Å². The van der Waals surface area contributed by atoms with Crippen LogP contribution in [0.1, 0.15) is 30.1 Å². The Kier molecular flexibility index (Phi) is 5.65. The Morgan fingerprint density at radius 3 is 2.96 bits per heavy atom. The van der Waals surface area contributed by atoms with Crippen LogP contribution >= 0.6 is 11.3 Å². The van der Waals surface area contributed by atoms with E-state index in [2.05, 4.69) is 23.7 Å². The summed E-state index contributed by atoms with van der Waals surface area (Å²) >= 11 is 1.63. The van der Waals surface area contributed by atoms with Gasteiger partial charge in [-0.2, -0.15) is 11.3 Å². The molecule has 1 aliphatic rings. The molecular formula is C18H20F2N2O2S. The second-order valence-corrected chi connectivity index (χ2v) is 6.90. The summed E-state index contributed by atoms with van der Waals surface area (Å²) in [7, 11) is 0. The van der Waals surface area contributed by atoms with Crippen LogP contribution in [0.5, 0.6) is 0 Å². The SMILES string of the molecule is C[C@@H](CNC(=O)N1CCO[C@H](c2ccc(F)c(F)c2)C1)c1ccsc1. The Hall–Kier alpha value is -1.99. The highest BCUT2D eigenvalue weighted by Gasteiger charge is 2.26. The number of nitrogens with one attached hydrogen (secondary N) is 1. The molecule has 1 aromatic carbocycles. The van der Waals surface area contributed by atoms with E-state index in [1.165, 1.54) is 11.6 Å². The lowest BCUT2D eigenvalue weighted by Crippen LogP contribution is -2.47. The number of rotatable bonds is 4. The van der Waals surface area contributed by atoms with E-state index in [1.807, 2.05) is 5.38 Å². The van der Waals surface area contributed by atoms with Crippen LogP contribution in [0.3, 0.4) is 0 Å². The fourth-order valence-electron chi connectivity index (χ4n) is 2.77. The summed E-state index contributed by atoms with van der Waals surface area (Å²) in [5, 5.41) is 7.02. The minimum atomic E-state index is -0.910. The average molecular weight is 366 g/mol. The van der Waals surface area contributed by atoms with E-state index in [0.717, 1.165) is 12.1 Å². The van der Waals surface area contributed by atoms with Crippen molar-refractivity contribution in [1.29, 1.82) is 0 Å². The van der Waals surface area contributed by atoms with Crippen LogP contribution in [0.4, 0.5) is 13.6 Å². The molecule has 2 aromatic rings. The van der Waals surface area contributed by atoms with Crippen LogP contribution < -0.4 is 5.32 Å². The molecule has 134 valence electrons. The number of carbonyl (C=O) groups is 1. The molecule has 0 saturated carbocycles. The molecule has 1 aromatic heterocycles. The van der Waals surface area contributed by atoms with Gasteiger partial charge in [-0.05, 0) is 46.0 Å². The van der Waals surface area contributed by atoms with E-state index >= 15 is 0 Å². The first-order chi connectivity index (χ1) is 12.0. The van der Waals surface area contributed by atoms with Crippen molar-refractivity contribution in [3.05, 3.63) is 57.8 Å². The number of amides is 2. The predicted molar refractivity (Wildman–Crippen MR) is 92.8 cm³/mol. The van der Waals surface area contributed by atoms with Crippen molar-refractivity contribution in [2.24, 2.45) is 0 Å². The van der Waals surface area contributed by atoms with Crippen LogP contribution in [0, 0.1) is 11.6 Å². The molecule has 0 unspecified atom stereocenters. The number of hydrogen-bond acceptors (Lipinski definition) is 3. The highest BCUT2D eigenvalue weighted by molar-refractivity contribution is 7.07. The summed E-state index contributed by atoms with van der Waals surface area (Å²) < 4.78 is 32.1. The summed E-state index contributed by atoms with van der Waals surface area (Å²) in [5.74, 6) is -1.57. The van der Waals surface area contributed by atoms with Gasteiger partial charge in [0.05, 0.1) is 13.2 Å². The summed E-state index contributed by atoms with van der Waals surface area (Å²) in [4.78, 5) is 14.0. The maximum atomic E-state index is 13.4. The summed E-state index contributed by atoms with van der Waals surface area (Å²) in [6, 6.07) is 5.58. The van der Waals surface area contributed by atoms with Gasteiger partial charge in [0, 0.05) is 13.1 Å². The van der Waals surface area contributed by atoms with E-state index < -0.39 is 17.7 Å². The van der Waals surface area contributed by atoms with Crippen molar-refractivity contribution in [2.45, 2.75) is 18.9 Å². The molecule has 1 aliphatic heterocycles. The predicted octanol–water partition coefficient (Wildman–Crippen LogP) is 3.91. The fourth-order valence-corrected chi connectivity index (χ4v) is 3.56. The largest absolute Gasteiger partial charge is 0.370 e. The number of carbonyl (C=O) groups excluding carboxylic acids is 1. The standard InChI is InChI=1S/C18H20F2N2O2S/c1-12(14-4-7-25-11-14)9-21-18(23)22-5-6-24-17(10-22)13-2-3-15(19)16(20)8-13/h2-4,7-8,11-12,17H,5-6,9-10H2,1H3,(H,21,23)/t12-,17-/m0/s1. The van der Waals surface area contributed by atoms with Crippen molar-refractivity contribution in [3.63, 3.8) is 0 Å². The Labute approximate surface area is 149 Å². The van der Waals surface area contributed by atoms with Crippen molar-refractivity contribution >= 4 is 17.4 Å². The Bertz CT molecular complexity index is 724. The highest BCUT2D eigenvalue weighted by Crippen LogP contribution is 2.24. The maximum Gasteiger partial charge on any atom is 0.317 e. The summed E-state index contributed by atoms with van der Waals surface area (Å²) in [6.07, 6.45) is -0.455. The molecule has 0 spiro atoms. The average Bonchev–Trinajstić information content (AvgIpc) is 3.16. The van der Waals surface area contributed by atoms with Gasteiger partial charge >= 0.3 is 6.03 Å². The Morgan fingerprint density at radius 2 is 2.24 bits per heavy atom. The molecule has 25 heavy (non-hydrogen) atoms. The molecule has 4 nitrogen and oxygen atoms in total. The molecule has 7 heteroatoms. The minimum Gasteiger partial charge on any atom is -0.370 e. The van der Waals surface area contributed by atoms with Gasteiger partial charge in [-0.1, -0.05) is 13.0 Å². The lowest BCUT2D eigenvalue weighted by Gasteiger charge is -2.33. The van der Waals surface area contributed by atoms with Crippen molar-refractivity contribution < 1.29 is 18.3 Å². The van der Waals surface area contributed by atoms with E-state index in [1.54, 1.807) is 16.2 Å². The summed E-state index contributed by atoms with van der Waals surface area (Å²) in [5.41, 5.74) is 1.73. The maximum absolute atomic E-state index is 13.4. The second kappa shape index (κ2) is 7.93. The topological polar surface area (TPSA) is 41.6 Å². The van der Waals surface area contributed by atoms with Gasteiger partial charge in [0.15, 0.2) is 11.6 Å². The van der Waals surface area contributed by atoms with Crippen LogP contribution in [-0.2, 0) is 4.74 Å². The van der Waals surface area contributed by atoms with Crippen molar-refractivity contribution in [1.82, 2.24) is 10.2 Å². The van der Waals surface area contributed by atoms with Crippen LogP contribution in [-0.4, -0.2) is 37.2 Å². The van der Waals surface area contributed by atoms with Gasteiger partial charge in [0.25, 0.3) is 0 Å². The summed E-state index contributed by atoms with van der Waals surface area (Å²) in [6.45, 7) is 3.74. The number of urea groups is 1. The van der Waals surface area contributed by atoms with Crippen molar-refractivity contribution in [3.8, 4) is 0 Å². The lowest BCUT2D eigenvalue weighted by molar-refractivity contribution is -0.0156. The number of halogens is 2. The molecule has 2 amide bonds. The molecule has 3 rings (SSSR count). The Morgan fingerprint density at radius 1 is 1.40 bits per heavy atom. The van der Waals surface area contributed by atoms with E-state index in [9.17, 15) is 13.6 Å². The van der Waals surface area contributed by atoms with Crippen LogP contribution in [0.25, 0.3) is 0 Å². The van der Waals surface area contributed by atoms with Gasteiger partial charge in [-0.15, -0.1) is 0 Å². The molecule has 2 heterocycles. The molecule has 0 radical (unpaired) electrons. The van der Waals surface area contributed by atoms with E-state index in [0.29, 0.717) is 31.8 Å². The quantitative estimate of drug-likeness (QED) is 0.891. The first kappa shape index (κ1) is 17.8. The molecule has 2 atom stereocenters. The van der Waals surface area contributed by atoms with Crippen LogP contribution in [0.15, 0.2) is 35.0 Å². The number of ether oxygens (including phenoxy) is 1. The van der Waals surface area contributed by atoms with Gasteiger partial charge in [-0.3, -0.25) is 0 Å². The second-order valence-electron chi connectivity index (χ2n) is 6.12. The zero-order chi connectivity index (χ0) is 17.8. The zero-order valence-corrected chi connectivity index (χ0v) is 14.7. The third kappa shape index (κ3) is 4.35. The normalized spacial score (nSPS) is 18.8. The number of benzene rings is 1. The number of thiophene rings is 1. The Balaban J connectivity index is 1.57. The molecular weight excluding hydrogens is 346 g/mol. The van der Waals surface area contributed by atoms with Gasteiger partial charge < -0.3 is 15.0 Å². The van der Waals surface area contributed by atoms with Gasteiger partial charge in [0.2, 0.25) is 0 Å². The third-order valence-electron chi connectivity index (χ3n) is 4.34. The molecule has 0 aliphatic carbocycles. The lowest BCUT2D eigenvalue weighted by atomic mass is 10.1. The smallest absolute Gasteiger partial charge is 0.317 e. The third-order valence-corrected chi connectivity index (χ3v) is 5.04. The van der Waals surface area contributed by atoms with E-state index in [4.69, 9.17) is 4.74 Å². The number of hydrogen-bond donors (Lipinski definition) is 1. The molecule has 1 fully saturated rings. The van der Waals surface area contributed by atoms with E-state index in [-0.39, 0.29) is 11.9 Å². The number of morpholine rings is 1. The zero-order valence-electron chi connectivity index (χ0n) is 13.9. The molecule has 1 saturated heterocycles. The monoisotopic (exact) mass is 366 g/mol. The molecule has 0 bridgehead atoms.